The minimum Gasteiger partial charge on any atom is -0.481 e. The van der Waals surface area contributed by atoms with E-state index in [1.54, 1.807) is 39.3 Å². The summed E-state index contributed by atoms with van der Waals surface area (Å²) in [5, 5.41) is 2.25. The molecule has 0 bridgehead atoms. The van der Waals surface area contributed by atoms with Gasteiger partial charge in [-0.1, -0.05) is 0 Å². The molecule has 0 spiro atoms. The Bertz CT molecular complexity index is 997. The Balaban J connectivity index is 2.05. The number of halogens is 2. The molecular weight excluding hydrogens is 425 g/mol. The first-order chi connectivity index (χ1) is 13.3. The molecule has 7 nitrogen and oxygen atoms in total. The number of rotatable bonds is 6. The lowest BCUT2D eigenvalue weighted by molar-refractivity contribution is 0.00578. The molecule has 1 aromatic carbocycles. The summed E-state index contributed by atoms with van der Waals surface area (Å²) >= 11 is 1.28. The molecule has 0 radical (unpaired) electrons. The lowest BCUT2D eigenvalue weighted by Gasteiger charge is -2.32. The standard InChI is InChI=1S/C17H21BF2N2O5S2/c1-16(2)17(3,4)27-18(26-16)13-10(19)8-11(22-29(5,23)24)15(14(13)20)25-9-12-21-6-7-28-12/h6-8,22H,9H2,1-5H3. The number of aromatic nitrogens is 1. The van der Waals surface area contributed by atoms with Crippen molar-refractivity contribution < 1.29 is 31.2 Å². The van der Waals surface area contributed by atoms with E-state index in [4.69, 9.17) is 14.0 Å². The van der Waals surface area contributed by atoms with E-state index in [0.717, 1.165) is 12.3 Å². The van der Waals surface area contributed by atoms with Gasteiger partial charge >= 0.3 is 7.12 Å². The van der Waals surface area contributed by atoms with E-state index in [1.807, 2.05) is 0 Å². The second-order valence-corrected chi connectivity index (χ2v) is 10.4. The highest BCUT2D eigenvalue weighted by Crippen LogP contribution is 2.38. The monoisotopic (exact) mass is 446 g/mol. The number of anilines is 1. The molecule has 0 unspecified atom stereocenters. The predicted molar refractivity (Wildman–Crippen MR) is 107 cm³/mol. The summed E-state index contributed by atoms with van der Waals surface area (Å²) in [6.45, 7) is 6.89. The summed E-state index contributed by atoms with van der Waals surface area (Å²) in [4.78, 5) is 4.03. The van der Waals surface area contributed by atoms with Crippen molar-refractivity contribution in [2.45, 2.75) is 45.5 Å². The van der Waals surface area contributed by atoms with E-state index >= 15 is 4.39 Å². The summed E-state index contributed by atoms with van der Waals surface area (Å²) in [7, 11) is -5.14. The van der Waals surface area contributed by atoms with Gasteiger partial charge in [0, 0.05) is 17.6 Å². The SMILES string of the molecule is CC1(C)OB(c2c(F)cc(NS(C)(=O)=O)c(OCc3nccs3)c2F)OC1(C)C. The highest BCUT2D eigenvalue weighted by Gasteiger charge is 2.53. The Labute approximate surface area is 172 Å². The number of sulfonamides is 1. The predicted octanol–water partition coefficient (Wildman–Crippen LogP) is 2.67. The summed E-state index contributed by atoms with van der Waals surface area (Å²) in [5.41, 5.74) is -2.49. The van der Waals surface area contributed by atoms with Crippen molar-refractivity contribution in [3.8, 4) is 5.75 Å². The van der Waals surface area contributed by atoms with Crippen LogP contribution in [0.25, 0.3) is 0 Å². The maximum Gasteiger partial charge on any atom is 0.501 e. The molecule has 2 aromatic rings. The largest absolute Gasteiger partial charge is 0.501 e. The number of ether oxygens (including phenoxy) is 1. The van der Waals surface area contributed by atoms with Gasteiger partial charge in [-0.3, -0.25) is 4.72 Å². The van der Waals surface area contributed by atoms with Crippen molar-refractivity contribution in [1.29, 1.82) is 0 Å². The molecule has 158 valence electrons. The molecule has 0 saturated carbocycles. The second-order valence-electron chi connectivity index (χ2n) is 7.64. The molecule has 3 rings (SSSR count). The molecule has 0 atom stereocenters. The molecular formula is C17H21BF2N2O5S2. The van der Waals surface area contributed by atoms with Gasteiger partial charge < -0.3 is 14.0 Å². The first-order valence-corrected chi connectivity index (χ1v) is 11.4. The fraction of sp³-hybridized carbons (Fsp3) is 0.471. The van der Waals surface area contributed by atoms with Crippen molar-refractivity contribution in [1.82, 2.24) is 4.98 Å². The Morgan fingerprint density at radius 1 is 1.24 bits per heavy atom. The maximum absolute atomic E-state index is 15.4. The van der Waals surface area contributed by atoms with E-state index < -0.39 is 51.2 Å². The number of hydrogen-bond donors (Lipinski definition) is 1. The number of nitrogens with zero attached hydrogens (tertiary/aromatic N) is 1. The third-order valence-corrected chi connectivity index (χ3v) is 6.16. The molecule has 1 aliphatic rings. The molecule has 1 saturated heterocycles. The van der Waals surface area contributed by atoms with Crippen molar-refractivity contribution in [2.75, 3.05) is 11.0 Å². The summed E-state index contributed by atoms with van der Waals surface area (Å²) in [5.74, 6) is -2.59. The van der Waals surface area contributed by atoms with Crippen LogP contribution in [0, 0.1) is 11.6 Å². The van der Waals surface area contributed by atoms with Gasteiger partial charge in [0.25, 0.3) is 0 Å². The lowest BCUT2D eigenvalue weighted by Crippen LogP contribution is -2.41. The van der Waals surface area contributed by atoms with Crippen LogP contribution in [-0.4, -0.2) is 38.0 Å². The molecule has 1 N–H and O–H groups in total. The zero-order valence-electron chi connectivity index (χ0n) is 16.6. The third kappa shape index (κ3) is 4.55. The quantitative estimate of drug-likeness (QED) is 0.687. The Morgan fingerprint density at radius 3 is 2.38 bits per heavy atom. The van der Waals surface area contributed by atoms with E-state index in [-0.39, 0.29) is 12.3 Å². The van der Waals surface area contributed by atoms with Gasteiger partial charge in [0.2, 0.25) is 10.0 Å². The van der Waals surface area contributed by atoms with E-state index in [0.29, 0.717) is 5.01 Å². The minimum absolute atomic E-state index is 0.124. The van der Waals surface area contributed by atoms with Crippen LogP contribution in [0.3, 0.4) is 0 Å². The normalized spacial score (nSPS) is 18.1. The average Bonchev–Trinajstić information content (AvgIpc) is 3.11. The number of thiazole rings is 1. The topological polar surface area (TPSA) is 86.8 Å². The Morgan fingerprint density at radius 2 is 1.86 bits per heavy atom. The molecule has 1 fully saturated rings. The van der Waals surface area contributed by atoms with Crippen LogP contribution in [0.2, 0.25) is 0 Å². The highest BCUT2D eigenvalue weighted by atomic mass is 32.2. The van der Waals surface area contributed by atoms with Crippen LogP contribution >= 0.6 is 11.3 Å². The van der Waals surface area contributed by atoms with Gasteiger partial charge in [-0.15, -0.1) is 11.3 Å². The number of hydrogen-bond acceptors (Lipinski definition) is 7. The Kier molecular flexibility index (Phi) is 5.67. The summed E-state index contributed by atoms with van der Waals surface area (Å²) in [6, 6.07) is 0.849. The van der Waals surface area contributed by atoms with Gasteiger partial charge in [0.15, 0.2) is 11.6 Å². The maximum atomic E-state index is 15.4. The van der Waals surface area contributed by atoms with Crippen LogP contribution in [0.15, 0.2) is 17.6 Å². The summed E-state index contributed by atoms with van der Waals surface area (Å²) in [6.07, 6.45) is 2.42. The van der Waals surface area contributed by atoms with Gasteiger partial charge in [-0.2, -0.15) is 0 Å². The van der Waals surface area contributed by atoms with Crippen molar-refractivity contribution in [2.24, 2.45) is 0 Å². The first kappa shape index (κ1) is 21.9. The Hall–Kier alpha value is -1.76. The van der Waals surface area contributed by atoms with Gasteiger partial charge in [-0.05, 0) is 27.7 Å². The lowest BCUT2D eigenvalue weighted by atomic mass is 9.77. The van der Waals surface area contributed by atoms with E-state index in [2.05, 4.69) is 9.71 Å². The molecule has 1 aliphatic heterocycles. The zero-order chi connectivity index (χ0) is 21.6. The first-order valence-electron chi connectivity index (χ1n) is 8.67. The second kappa shape index (κ2) is 7.49. The van der Waals surface area contributed by atoms with E-state index in [9.17, 15) is 12.8 Å². The minimum atomic E-state index is -3.81. The number of benzene rings is 1. The molecule has 1 aromatic heterocycles. The van der Waals surface area contributed by atoms with Crippen LogP contribution < -0.4 is 14.9 Å². The van der Waals surface area contributed by atoms with Crippen molar-refractivity contribution >= 4 is 39.6 Å². The average molecular weight is 446 g/mol. The summed E-state index contributed by atoms with van der Waals surface area (Å²) < 4.78 is 72.6. The molecule has 29 heavy (non-hydrogen) atoms. The van der Waals surface area contributed by atoms with Crippen LogP contribution in [0.4, 0.5) is 14.5 Å². The fourth-order valence-corrected chi connectivity index (χ4v) is 3.75. The van der Waals surface area contributed by atoms with Crippen LogP contribution in [0.5, 0.6) is 5.75 Å². The van der Waals surface area contributed by atoms with E-state index in [1.165, 1.54) is 11.3 Å². The third-order valence-electron chi connectivity index (χ3n) is 4.82. The molecule has 2 heterocycles. The van der Waals surface area contributed by atoms with Crippen LogP contribution in [-0.2, 0) is 25.9 Å². The van der Waals surface area contributed by atoms with Gasteiger partial charge in [-0.25, -0.2) is 22.2 Å². The molecule has 0 amide bonds. The molecule has 0 aliphatic carbocycles. The van der Waals surface area contributed by atoms with Gasteiger partial charge in [0.1, 0.15) is 17.4 Å². The van der Waals surface area contributed by atoms with Crippen molar-refractivity contribution in [3.05, 3.63) is 34.3 Å². The number of nitrogens with one attached hydrogen (secondary N) is 1. The fourth-order valence-electron chi connectivity index (χ4n) is 2.67. The van der Waals surface area contributed by atoms with Crippen molar-refractivity contribution in [3.63, 3.8) is 0 Å². The highest BCUT2D eigenvalue weighted by molar-refractivity contribution is 7.92. The van der Waals surface area contributed by atoms with Crippen LogP contribution in [0.1, 0.15) is 32.7 Å². The van der Waals surface area contributed by atoms with Gasteiger partial charge in [0.05, 0.1) is 28.6 Å². The smallest absolute Gasteiger partial charge is 0.481 e. The zero-order valence-corrected chi connectivity index (χ0v) is 18.2. The molecule has 12 heteroatoms.